The summed E-state index contributed by atoms with van der Waals surface area (Å²) in [7, 11) is 0. The van der Waals surface area contributed by atoms with Crippen molar-refractivity contribution >= 4 is 11.9 Å². The number of carbonyl (C=O) groups is 2. The summed E-state index contributed by atoms with van der Waals surface area (Å²) in [5.41, 5.74) is -0.179. The fraction of sp³-hybridized carbons (Fsp3) is 0.500. The summed E-state index contributed by atoms with van der Waals surface area (Å²) in [6.07, 6.45) is 4.04. The molecule has 1 aliphatic rings. The second-order valence-electron chi connectivity index (χ2n) is 5.69. The molecule has 1 saturated carbocycles. The number of nitrogens with one attached hydrogen (secondary N) is 1. The Balaban J connectivity index is 2.33. The zero-order chi connectivity index (χ0) is 15.5. The van der Waals surface area contributed by atoms with E-state index in [-0.39, 0.29) is 11.7 Å². The summed E-state index contributed by atoms with van der Waals surface area (Å²) >= 11 is 0. The molecular formula is C16H20FNO3. The van der Waals surface area contributed by atoms with Gasteiger partial charge in [0.25, 0.3) is 0 Å². The first kappa shape index (κ1) is 15.5. The predicted octanol–water partition coefficient (Wildman–Crippen LogP) is 2.62. The molecule has 1 aromatic rings. The van der Waals surface area contributed by atoms with E-state index in [4.69, 9.17) is 5.11 Å². The maximum atomic E-state index is 13.5. The summed E-state index contributed by atoms with van der Waals surface area (Å²) in [4.78, 5) is 23.6. The largest absolute Gasteiger partial charge is 0.480 e. The minimum absolute atomic E-state index is 0.317. The number of carboxylic acid groups (broad SMARTS) is 1. The highest BCUT2D eigenvalue weighted by atomic mass is 19.1. The number of aliphatic carboxylic acids is 1. The summed E-state index contributed by atoms with van der Waals surface area (Å²) in [5.74, 6) is -1.77. The average Bonchev–Trinajstić information content (AvgIpc) is 2.47. The van der Waals surface area contributed by atoms with Crippen LogP contribution in [0, 0.1) is 5.82 Å². The van der Waals surface area contributed by atoms with Gasteiger partial charge in [-0.3, -0.25) is 9.59 Å². The van der Waals surface area contributed by atoms with Gasteiger partial charge in [0.1, 0.15) is 11.9 Å². The molecule has 1 atom stereocenters. The fourth-order valence-corrected chi connectivity index (χ4v) is 2.98. The lowest BCUT2D eigenvalue weighted by Crippen LogP contribution is -2.50. The van der Waals surface area contributed by atoms with Crippen LogP contribution in [0.5, 0.6) is 0 Å². The Hall–Kier alpha value is -1.91. The van der Waals surface area contributed by atoms with E-state index in [0.29, 0.717) is 18.4 Å². The molecule has 1 unspecified atom stereocenters. The van der Waals surface area contributed by atoms with Crippen LogP contribution >= 0.6 is 0 Å². The Morgan fingerprint density at radius 3 is 2.52 bits per heavy atom. The molecule has 0 aliphatic heterocycles. The maximum Gasteiger partial charge on any atom is 0.325 e. The highest BCUT2D eigenvalue weighted by molar-refractivity contribution is 5.91. The van der Waals surface area contributed by atoms with Crippen molar-refractivity contribution in [3.05, 3.63) is 35.6 Å². The molecule has 1 aromatic carbocycles. The first-order valence-electron chi connectivity index (χ1n) is 7.25. The highest BCUT2D eigenvalue weighted by Crippen LogP contribution is 2.40. The monoisotopic (exact) mass is 293 g/mol. The lowest BCUT2D eigenvalue weighted by atomic mass is 9.68. The van der Waals surface area contributed by atoms with Crippen molar-refractivity contribution in [2.75, 3.05) is 0 Å². The minimum Gasteiger partial charge on any atom is -0.480 e. The number of hydrogen-bond acceptors (Lipinski definition) is 2. The van der Waals surface area contributed by atoms with Gasteiger partial charge in [-0.15, -0.1) is 0 Å². The van der Waals surface area contributed by atoms with Crippen LogP contribution in [-0.4, -0.2) is 23.0 Å². The number of halogens is 1. The second-order valence-corrected chi connectivity index (χ2v) is 5.69. The van der Waals surface area contributed by atoms with Gasteiger partial charge >= 0.3 is 5.97 Å². The van der Waals surface area contributed by atoms with Crippen molar-refractivity contribution in [1.82, 2.24) is 5.32 Å². The number of benzene rings is 1. The molecule has 21 heavy (non-hydrogen) atoms. The molecule has 114 valence electrons. The standard InChI is InChI=1S/C16H20FNO3/c1-11(14(19)20)18-15(21)16(8-3-2-4-9-16)12-6-5-7-13(17)10-12/h5-7,10-11H,2-4,8-9H2,1H3,(H,18,21)(H,19,20). The summed E-state index contributed by atoms with van der Waals surface area (Å²) in [6.45, 7) is 1.43. The summed E-state index contributed by atoms with van der Waals surface area (Å²) < 4.78 is 13.5. The normalized spacial score (nSPS) is 18.8. The molecule has 0 bridgehead atoms. The van der Waals surface area contributed by atoms with Crippen LogP contribution in [0.15, 0.2) is 24.3 Å². The Bertz CT molecular complexity index is 538. The Morgan fingerprint density at radius 2 is 1.95 bits per heavy atom. The summed E-state index contributed by atoms with van der Waals surface area (Å²) in [6, 6.07) is 5.12. The van der Waals surface area contributed by atoms with E-state index >= 15 is 0 Å². The zero-order valence-corrected chi connectivity index (χ0v) is 12.1. The van der Waals surface area contributed by atoms with Crippen LogP contribution in [-0.2, 0) is 15.0 Å². The van der Waals surface area contributed by atoms with Gasteiger partial charge in [0.15, 0.2) is 0 Å². The molecule has 0 heterocycles. The Labute approximate surface area is 123 Å². The first-order valence-corrected chi connectivity index (χ1v) is 7.25. The van der Waals surface area contributed by atoms with E-state index < -0.39 is 17.4 Å². The van der Waals surface area contributed by atoms with Gasteiger partial charge in [-0.25, -0.2) is 4.39 Å². The lowest BCUT2D eigenvalue weighted by molar-refractivity contribution is -0.142. The predicted molar refractivity (Wildman–Crippen MR) is 76.4 cm³/mol. The third kappa shape index (κ3) is 3.23. The van der Waals surface area contributed by atoms with Crippen molar-refractivity contribution in [2.24, 2.45) is 0 Å². The quantitative estimate of drug-likeness (QED) is 0.896. The molecule has 1 amide bonds. The number of amides is 1. The van der Waals surface area contributed by atoms with E-state index in [1.807, 2.05) is 0 Å². The van der Waals surface area contributed by atoms with Gasteiger partial charge in [-0.2, -0.15) is 0 Å². The number of rotatable bonds is 4. The van der Waals surface area contributed by atoms with Crippen LogP contribution in [0.2, 0.25) is 0 Å². The summed E-state index contributed by atoms with van der Waals surface area (Å²) in [5, 5.41) is 11.5. The van der Waals surface area contributed by atoms with E-state index in [2.05, 4.69) is 5.32 Å². The molecule has 2 rings (SSSR count). The van der Waals surface area contributed by atoms with Crippen LogP contribution in [0.25, 0.3) is 0 Å². The van der Waals surface area contributed by atoms with E-state index in [1.165, 1.54) is 19.1 Å². The second kappa shape index (κ2) is 6.24. The molecule has 2 N–H and O–H groups in total. The number of carboxylic acids is 1. The molecule has 0 saturated heterocycles. The minimum atomic E-state index is -1.08. The van der Waals surface area contributed by atoms with Crippen molar-refractivity contribution in [3.63, 3.8) is 0 Å². The van der Waals surface area contributed by atoms with Gasteiger partial charge in [0.05, 0.1) is 5.41 Å². The third-order valence-electron chi connectivity index (χ3n) is 4.24. The van der Waals surface area contributed by atoms with Crippen molar-refractivity contribution in [2.45, 2.75) is 50.5 Å². The van der Waals surface area contributed by atoms with Gasteiger partial charge in [-0.1, -0.05) is 31.4 Å². The number of hydrogen-bond donors (Lipinski definition) is 2. The zero-order valence-electron chi connectivity index (χ0n) is 12.1. The first-order chi connectivity index (χ1) is 9.95. The Morgan fingerprint density at radius 1 is 1.29 bits per heavy atom. The van der Waals surface area contributed by atoms with Crippen LogP contribution in [0.1, 0.15) is 44.6 Å². The lowest BCUT2D eigenvalue weighted by Gasteiger charge is -2.37. The SMILES string of the molecule is CC(NC(=O)C1(c2cccc(F)c2)CCCCC1)C(=O)O. The third-order valence-corrected chi connectivity index (χ3v) is 4.24. The van der Waals surface area contributed by atoms with Gasteiger partial charge in [0.2, 0.25) is 5.91 Å². The Kier molecular flexibility index (Phi) is 4.60. The van der Waals surface area contributed by atoms with Crippen LogP contribution in [0.3, 0.4) is 0 Å². The smallest absolute Gasteiger partial charge is 0.325 e. The van der Waals surface area contributed by atoms with Crippen LogP contribution in [0.4, 0.5) is 4.39 Å². The maximum absolute atomic E-state index is 13.5. The van der Waals surface area contributed by atoms with Gasteiger partial charge in [0, 0.05) is 0 Å². The fourth-order valence-electron chi connectivity index (χ4n) is 2.98. The molecular weight excluding hydrogens is 273 g/mol. The van der Waals surface area contributed by atoms with Crippen molar-refractivity contribution in [1.29, 1.82) is 0 Å². The molecule has 0 radical (unpaired) electrons. The van der Waals surface area contributed by atoms with Gasteiger partial charge in [-0.05, 0) is 37.5 Å². The van der Waals surface area contributed by atoms with E-state index in [0.717, 1.165) is 19.3 Å². The molecule has 0 aromatic heterocycles. The van der Waals surface area contributed by atoms with E-state index in [1.54, 1.807) is 12.1 Å². The van der Waals surface area contributed by atoms with Crippen molar-refractivity contribution < 1.29 is 19.1 Å². The molecule has 1 fully saturated rings. The highest BCUT2D eigenvalue weighted by Gasteiger charge is 2.42. The molecule has 5 heteroatoms. The molecule has 1 aliphatic carbocycles. The molecule has 0 spiro atoms. The van der Waals surface area contributed by atoms with Crippen molar-refractivity contribution in [3.8, 4) is 0 Å². The van der Waals surface area contributed by atoms with Gasteiger partial charge < -0.3 is 10.4 Å². The average molecular weight is 293 g/mol. The van der Waals surface area contributed by atoms with E-state index in [9.17, 15) is 14.0 Å². The number of carbonyl (C=O) groups excluding carboxylic acids is 1. The molecule has 4 nitrogen and oxygen atoms in total. The topological polar surface area (TPSA) is 66.4 Å². The van der Waals surface area contributed by atoms with Crippen LogP contribution < -0.4 is 5.32 Å².